The van der Waals surface area contributed by atoms with Gasteiger partial charge in [-0.2, -0.15) is 0 Å². The molecule has 34 heavy (non-hydrogen) atoms. The molecule has 178 valence electrons. The van der Waals surface area contributed by atoms with Gasteiger partial charge in [0.15, 0.2) is 16.8 Å². The van der Waals surface area contributed by atoms with Gasteiger partial charge in [0, 0.05) is 17.2 Å². The molecule has 2 atom stereocenters. The molecule has 4 rings (SSSR count). The maximum absolute atomic E-state index is 12.7. The number of amides is 1. The molecule has 1 aliphatic rings. The summed E-state index contributed by atoms with van der Waals surface area (Å²) >= 11 is 7.35. The van der Waals surface area contributed by atoms with Gasteiger partial charge in [-0.15, -0.1) is 10.2 Å². The molecule has 0 radical (unpaired) electrons. The predicted octanol–water partition coefficient (Wildman–Crippen LogP) is 4.19. The second-order valence-corrected chi connectivity index (χ2v) is 9.65. The van der Waals surface area contributed by atoms with Gasteiger partial charge in [0.25, 0.3) is 0 Å². The third kappa shape index (κ3) is 6.46. The molecule has 2 heterocycles. The molecule has 0 unspecified atom stereocenters. The van der Waals surface area contributed by atoms with Crippen LogP contribution in [-0.2, 0) is 27.3 Å². The predicted molar refractivity (Wildman–Crippen MR) is 133 cm³/mol. The average molecular weight is 499 g/mol. The number of ether oxygens (including phenoxy) is 1. The van der Waals surface area contributed by atoms with Crippen LogP contribution in [0.5, 0.6) is 0 Å². The Kier molecular flexibility index (Phi) is 8.37. The minimum Gasteiger partial charge on any atom is -0.376 e. The molecule has 1 aromatic heterocycles. The van der Waals surface area contributed by atoms with Crippen molar-refractivity contribution >= 4 is 35.1 Å². The van der Waals surface area contributed by atoms with E-state index in [1.165, 1.54) is 18.7 Å². The summed E-state index contributed by atoms with van der Waals surface area (Å²) in [5, 5.41) is 12.9. The molecule has 0 spiro atoms. The van der Waals surface area contributed by atoms with E-state index in [4.69, 9.17) is 16.3 Å². The maximum Gasteiger partial charge on any atom is 0.231 e. The number of Topliss-reactive ketones (excluding diaryl/α,β-unsaturated/α-hetero) is 1. The van der Waals surface area contributed by atoms with E-state index in [0.29, 0.717) is 29.0 Å². The quantitative estimate of drug-likeness (QED) is 0.422. The molecule has 1 N–H and O–H groups in total. The molecule has 0 saturated carbocycles. The van der Waals surface area contributed by atoms with E-state index in [9.17, 15) is 9.59 Å². The minimum absolute atomic E-state index is 0.0752. The van der Waals surface area contributed by atoms with E-state index >= 15 is 0 Å². The Morgan fingerprint density at radius 3 is 2.62 bits per heavy atom. The zero-order valence-corrected chi connectivity index (χ0v) is 20.5. The first-order valence-electron chi connectivity index (χ1n) is 11.3. The fourth-order valence-electron chi connectivity index (χ4n) is 3.88. The Labute approximate surface area is 208 Å². The smallest absolute Gasteiger partial charge is 0.231 e. The van der Waals surface area contributed by atoms with E-state index in [0.717, 1.165) is 30.6 Å². The number of hydrogen-bond acceptors (Lipinski definition) is 6. The van der Waals surface area contributed by atoms with Crippen molar-refractivity contribution < 1.29 is 14.3 Å². The maximum atomic E-state index is 12.7. The standard InChI is InChI=1S/C25H27ClN4O3S/c1-17(31)22(14-18-6-3-2-4-7-18)27-23(32)16-34-25-29-28-24(19-9-11-20(26)12-10-19)30(25)15-21-8-5-13-33-21/h2-4,6-7,9-12,21-22H,5,8,13-16H2,1H3,(H,27,32)/t21-,22-/m1/s1. The normalized spacial score (nSPS) is 16.4. The van der Waals surface area contributed by atoms with Crippen LogP contribution in [0, 0.1) is 0 Å². The van der Waals surface area contributed by atoms with Crippen LogP contribution in [0.2, 0.25) is 5.02 Å². The van der Waals surface area contributed by atoms with Crippen LogP contribution in [-0.4, -0.2) is 51.0 Å². The zero-order valence-electron chi connectivity index (χ0n) is 18.9. The number of nitrogens with one attached hydrogen (secondary N) is 1. The van der Waals surface area contributed by atoms with E-state index in [2.05, 4.69) is 15.5 Å². The van der Waals surface area contributed by atoms with Crippen LogP contribution in [0.25, 0.3) is 11.4 Å². The number of carbonyl (C=O) groups excluding carboxylic acids is 2. The molecule has 2 aromatic carbocycles. The second-order valence-electron chi connectivity index (χ2n) is 8.27. The molecule has 3 aromatic rings. The highest BCUT2D eigenvalue weighted by atomic mass is 35.5. The van der Waals surface area contributed by atoms with Crippen molar-refractivity contribution in [1.82, 2.24) is 20.1 Å². The van der Waals surface area contributed by atoms with Crippen molar-refractivity contribution in [2.75, 3.05) is 12.4 Å². The highest BCUT2D eigenvalue weighted by Gasteiger charge is 2.23. The molecule has 1 aliphatic heterocycles. The summed E-state index contributed by atoms with van der Waals surface area (Å²) in [7, 11) is 0. The number of ketones is 1. The summed E-state index contributed by atoms with van der Waals surface area (Å²) in [5.74, 6) is 0.540. The third-order valence-electron chi connectivity index (χ3n) is 5.67. The van der Waals surface area contributed by atoms with E-state index in [-0.39, 0.29) is 23.5 Å². The largest absolute Gasteiger partial charge is 0.376 e. The number of rotatable bonds is 10. The van der Waals surface area contributed by atoms with Crippen molar-refractivity contribution in [3.05, 3.63) is 65.2 Å². The molecular weight excluding hydrogens is 472 g/mol. The molecule has 1 fully saturated rings. The molecule has 7 nitrogen and oxygen atoms in total. The van der Waals surface area contributed by atoms with Gasteiger partial charge in [-0.1, -0.05) is 53.7 Å². The van der Waals surface area contributed by atoms with Crippen LogP contribution < -0.4 is 5.32 Å². The van der Waals surface area contributed by atoms with Crippen molar-refractivity contribution in [1.29, 1.82) is 0 Å². The lowest BCUT2D eigenvalue weighted by atomic mass is 10.0. The molecule has 9 heteroatoms. The average Bonchev–Trinajstić information content (AvgIpc) is 3.49. The van der Waals surface area contributed by atoms with Crippen molar-refractivity contribution in [3.63, 3.8) is 0 Å². The van der Waals surface area contributed by atoms with Gasteiger partial charge in [0.1, 0.15) is 0 Å². The summed E-state index contributed by atoms with van der Waals surface area (Å²) in [5.41, 5.74) is 1.89. The lowest BCUT2D eigenvalue weighted by Gasteiger charge is -2.17. The first-order chi connectivity index (χ1) is 16.5. The van der Waals surface area contributed by atoms with Crippen LogP contribution in [0.4, 0.5) is 0 Å². The second kappa shape index (κ2) is 11.6. The molecule has 0 aliphatic carbocycles. The number of halogens is 1. The molecule has 1 saturated heterocycles. The third-order valence-corrected chi connectivity index (χ3v) is 6.89. The van der Waals surface area contributed by atoms with Gasteiger partial charge in [-0.05, 0) is 56.0 Å². The summed E-state index contributed by atoms with van der Waals surface area (Å²) in [6.07, 6.45) is 2.55. The van der Waals surface area contributed by atoms with Crippen LogP contribution in [0.3, 0.4) is 0 Å². The summed E-state index contributed by atoms with van der Waals surface area (Å²) in [4.78, 5) is 24.8. The zero-order chi connectivity index (χ0) is 23.9. The highest BCUT2D eigenvalue weighted by Crippen LogP contribution is 2.27. The van der Waals surface area contributed by atoms with Gasteiger partial charge in [-0.3, -0.25) is 14.2 Å². The Morgan fingerprint density at radius 2 is 1.94 bits per heavy atom. The lowest BCUT2D eigenvalue weighted by Crippen LogP contribution is -2.42. The number of aromatic nitrogens is 3. The molecule has 0 bridgehead atoms. The molecule has 1 amide bonds. The summed E-state index contributed by atoms with van der Waals surface area (Å²) in [6, 6.07) is 16.5. The van der Waals surface area contributed by atoms with Gasteiger partial charge < -0.3 is 10.1 Å². The number of carbonyl (C=O) groups is 2. The van der Waals surface area contributed by atoms with Crippen LogP contribution in [0.1, 0.15) is 25.3 Å². The first-order valence-corrected chi connectivity index (χ1v) is 12.6. The van der Waals surface area contributed by atoms with Crippen molar-refractivity contribution in [2.45, 2.75) is 50.0 Å². The summed E-state index contributed by atoms with van der Waals surface area (Å²) in [6.45, 7) is 2.86. The minimum atomic E-state index is -0.565. The fourth-order valence-corrected chi connectivity index (χ4v) is 4.76. The topological polar surface area (TPSA) is 86.1 Å². The SMILES string of the molecule is CC(=O)[C@@H](Cc1ccccc1)NC(=O)CSc1nnc(-c2ccc(Cl)cc2)n1C[C@H]1CCCO1. The van der Waals surface area contributed by atoms with E-state index in [1.54, 1.807) is 0 Å². The lowest BCUT2D eigenvalue weighted by molar-refractivity contribution is -0.125. The Balaban J connectivity index is 1.45. The van der Waals surface area contributed by atoms with Gasteiger partial charge in [0.2, 0.25) is 5.91 Å². The molecular formula is C25H27ClN4O3S. The Morgan fingerprint density at radius 1 is 1.18 bits per heavy atom. The number of nitrogens with zero attached hydrogens (tertiary/aromatic N) is 3. The Hall–Kier alpha value is -2.68. The van der Waals surface area contributed by atoms with Gasteiger partial charge in [0.05, 0.1) is 24.4 Å². The fraction of sp³-hybridized carbons (Fsp3) is 0.360. The van der Waals surface area contributed by atoms with Crippen LogP contribution >= 0.6 is 23.4 Å². The number of hydrogen-bond donors (Lipinski definition) is 1. The Bertz CT molecular complexity index is 1110. The summed E-state index contributed by atoms with van der Waals surface area (Å²) < 4.78 is 7.83. The number of thioether (sulfide) groups is 1. The van der Waals surface area contributed by atoms with Crippen LogP contribution in [0.15, 0.2) is 59.8 Å². The van der Waals surface area contributed by atoms with Crippen molar-refractivity contribution in [3.8, 4) is 11.4 Å². The van der Waals surface area contributed by atoms with Gasteiger partial charge in [-0.25, -0.2) is 0 Å². The highest BCUT2D eigenvalue weighted by molar-refractivity contribution is 7.99. The monoisotopic (exact) mass is 498 g/mol. The van der Waals surface area contributed by atoms with E-state index < -0.39 is 6.04 Å². The first kappa shape index (κ1) is 24.4. The van der Waals surface area contributed by atoms with Crippen molar-refractivity contribution in [2.24, 2.45) is 0 Å². The number of benzene rings is 2. The van der Waals surface area contributed by atoms with Gasteiger partial charge >= 0.3 is 0 Å². The van der Waals surface area contributed by atoms with E-state index in [1.807, 2.05) is 59.2 Å².